The van der Waals surface area contributed by atoms with Crippen molar-refractivity contribution >= 4 is 32.6 Å². The Kier molecular flexibility index (Phi) is 4.95. The molecule has 3 rings (SSSR count). The number of methoxy groups -OCH3 is 2. The molecule has 8 nitrogen and oxygen atoms in total. The lowest BCUT2D eigenvalue weighted by Gasteiger charge is -2.13. The van der Waals surface area contributed by atoms with E-state index in [4.69, 9.17) is 9.47 Å². The van der Waals surface area contributed by atoms with Crippen LogP contribution in [0.4, 0.5) is 5.69 Å². The van der Waals surface area contributed by atoms with Gasteiger partial charge in [-0.25, -0.2) is 8.42 Å². The molecule has 2 aromatic carbocycles. The number of carbonyl (C=O) groups is 1. The van der Waals surface area contributed by atoms with Gasteiger partial charge in [0, 0.05) is 11.5 Å². The van der Waals surface area contributed by atoms with Crippen molar-refractivity contribution in [2.45, 2.75) is 18.7 Å². The molecule has 0 bridgehead atoms. The van der Waals surface area contributed by atoms with E-state index in [1.165, 1.54) is 32.4 Å². The maximum Gasteiger partial charge on any atom is 0.262 e. The molecule has 148 valence electrons. The van der Waals surface area contributed by atoms with Crippen LogP contribution in [-0.4, -0.2) is 33.6 Å². The van der Waals surface area contributed by atoms with Gasteiger partial charge in [-0.05, 0) is 31.5 Å². The van der Waals surface area contributed by atoms with E-state index >= 15 is 0 Å². The summed E-state index contributed by atoms with van der Waals surface area (Å²) in [6.07, 6.45) is 0. The van der Waals surface area contributed by atoms with Crippen LogP contribution >= 0.6 is 0 Å². The standard InChI is InChI=1S/C19H20N2O6S/c1-10-5-6-16(11(2)7-10)28(24,25)21-17-12-8-14(26-3)15(27-4)9-13(12)20-18(17)19(22)23/h5-9,20-21H,1-4H3,(H,22,23)/p-1. The summed E-state index contributed by atoms with van der Waals surface area (Å²) in [4.78, 5) is 14.3. The Hall–Kier alpha value is -3.20. The molecule has 1 heterocycles. The smallest absolute Gasteiger partial charge is 0.262 e. The molecule has 0 aliphatic heterocycles. The number of carbonyl (C=O) groups excluding carboxylic acids is 1. The summed E-state index contributed by atoms with van der Waals surface area (Å²) in [5.41, 5.74) is 1.29. The Morgan fingerprint density at radius 2 is 1.71 bits per heavy atom. The molecular weight excluding hydrogens is 384 g/mol. The van der Waals surface area contributed by atoms with Crippen molar-refractivity contribution in [3.8, 4) is 11.5 Å². The van der Waals surface area contributed by atoms with E-state index in [0.29, 0.717) is 28.0 Å². The van der Waals surface area contributed by atoms with Crippen LogP contribution < -0.4 is 19.3 Å². The molecule has 0 aliphatic rings. The minimum absolute atomic E-state index is 0.0530. The predicted molar refractivity (Wildman–Crippen MR) is 102 cm³/mol. The lowest BCUT2D eigenvalue weighted by molar-refractivity contribution is -0.255. The van der Waals surface area contributed by atoms with E-state index in [0.717, 1.165) is 5.56 Å². The number of aryl methyl sites for hydroxylation is 2. The number of carboxylic acids is 1. The van der Waals surface area contributed by atoms with Crippen molar-refractivity contribution in [3.05, 3.63) is 47.2 Å². The van der Waals surface area contributed by atoms with Gasteiger partial charge in [0.15, 0.2) is 11.5 Å². The minimum atomic E-state index is -4.05. The quantitative estimate of drug-likeness (QED) is 0.649. The highest BCUT2D eigenvalue weighted by Gasteiger charge is 2.23. The van der Waals surface area contributed by atoms with Crippen LogP contribution in [0.15, 0.2) is 35.2 Å². The van der Waals surface area contributed by atoms with E-state index in [9.17, 15) is 18.3 Å². The molecule has 0 radical (unpaired) electrons. The molecule has 1 aromatic heterocycles. The summed E-state index contributed by atoms with van der Waals surface area (Å²) in [5, 5.41) is 11.9. The summed E-state index contributed by atoms with van der Waals surface area (Å²) in [6.45, 7) is 3.52. The van der Waals surface area contributed by atoms with Crippen LogP contribution in [0.1, 0.15) is 21.6 Å². The zero-order chi connectivity index (χ0) is 20.6. The van der Waals surface area contributed by atoms with E-state index in [-0.39, 0.29) is 10.6 Å². The second-order valence-electron chi connectivity index (χ2n) is 6.29. The Balaban J connectivity index is 2.20. The number of rotatable bonds is 6. The van der Waals surface area contributed by atoms with Crippen molar-refractivity contribution in [3.63, 3.8) is 0 Å². The highest BCUT2D eigenvalue weighted by atomic mass is 32.2. The van der Waals surface area contributed by atoms with Crippen LogP contribution in [0.2, 0.25) is 0 Å². The number of anilines is 1. The van der Waals surface area contributed by atoms with E-state index < -0.39 is 21.7 Å². The third-order valence-corrected chi connectivity index (χ3v) is 5.87. The fraction of sp³-hybridized carbons (Fsp3) is 0.211. The lowest BCUT2D eigenvalue weighted by atomic mass is 10.2. The maximum atomic E-state index is 12.9. The average Bonchev–Trinajstić information content (AvgIpc) is 2.97. The van der Waals surface area contributed by atoms with Gasteiger partial charge in [0.25, 0.3) is 10.0 Å². The normalized spacial score (nSPS) is 11.4. The fourth-order valence-electron chi connectivity index (χ4n) is 3.07. The monoisotopic (exact) mass is 403 g/mol. The maximum absolute atomic E-state index is 12.9. The average molecular weight is 403 g/mol. The number of aromatic carboxylic acids is 1. The molecule has 0 fully saturated rings. The molecule has 3 aromatic rings. The predicted octanol–water partition coefficient (Wildman–Crippen LogP) is 1.97. The fourth-order valence-corrected chi connectivity index (χ4v) is 4.39. The largest absolute Gasteiger partial charge is 0.543 e. The van der Waals surface area contributed by atoms with E-state index in [1.807, 2.05) is 6.92 Å². The van der Waals surface area contributed by atoms with Crippen LogP contribution in [-0.2, 0) is 10.0 Å². The van der Waals surface area contributed by atoms with Gasteiger partial charge in [-0.3, -0.25) is 4.72 Å². The van der Waals surface area contributed by atoms with Gasteiger partial charge < -0.3 is 24.4 Å². The topological polar surface area (TPSA) is 121 Å². The molecule has 0 spiro atoms. The van der Waals surface area contributed by atoms with Gasteiger partial charge in [0.2, 0.25) is 0 Å². The van der Waals surface area contributed by atoms with Crippen molar-refractivity contribution in [1.82, 2.24) is 4.98 Å². The summed E-state index contributed by atoms with van der Waals surface area (Å²) < 4.78 is 38.7. The SMILES string of the molecule is COc1cc2[nH]c(C(=O)[O-])c(NS(=O)(=O)c3ccc(C)cc3C)c2cc1OC. The molecule has 0 saturated heterocycles. The first-order chi connectivity index (χ1) is 13.2. The molecule has 0 aliphatic carbocycles. The van der Waals surface area contributed by atoms with Crippen LogP contribution in [0.5, 0.6) is 11.5 Å². The molecule has 9 heteroatoms. The zero-order valence-electron chi connectivity index (χ0n) is 15.7. The lowest BCUT2D eigenvalue weighted by Crippen LogP contribution is -2.25. The van der Waals surface area contributed by atoms with Gasteiger partial charge in [-0.2, -0.15) is 0 Å². The number of carboxylic acid groups (broad SMARTS) is 1. The molecule has 2 N–H and O–H groups in total. The summed E-state index contributed by atoms with van der Waals surface area (Å²) in [6, 6.07) is 7.90. The van der Waals surface area contributed by atoms with Gasteiger partial charge >= 0.3 is 0 Å². The number of benzene rings is 2. The molecule has 0 saturated carbocycles. The number of aromatic amines is 1. The first-order valence-electron chi connectivity index (χ1n) is 8.27. The summed E-state index contributed by atoms with van der Waals surface area (Å²) in [5.74, 6) is -0.858. The van der Waals surface area contributed by atoms with Crippen molar-refractivity contribution in [1.29, 1.82) is 0 Å². The van der Waals surface area contributed by atoms with Gasteiger partial charge in [0.05, 0.1) is 42.0 Å². The molecule has 0 atom stereocenters. The van der Waals surface area contributed by atoms with Gasteiger partial charge in [-0.1, -0.05) is 17.7 Å². The Morgan fingerprint density at radius 1 is 1.07 bits per heavy atom. The highest BCUT2D eigenvalue weighted by Crippen LogP contribution is 2.38. The number of fused-ring (bicyclic) bond motifs is 1. The van der Waals surface area contributed by atoms with Gasteiger partial charge in [-0.15, -0.1) is 0 Å². The molecular formula is C19H19N2O6S-. The number of H-pyrrole nitrogens is 1. The third kappa shape index (κ3) is 3.36. The van der Waals surface area contributed by atoms with E-state index in [2.05, 4.69) is 9.71 Å². The molecule has 0 amide bonds. The second kappa shape index (κ2) is 7.08. The zero-order valence-corrected chi connectivity index (χ0v) is 16.6. The van der Waals surface area contributed by atoms with Crippen molar-refractivity contribution < 1.29 is 27.8 Å². The first-order valence-corrected chi connectivity index (χ1v) is 9.75. The number of sulfonamides is 1. The number of nitrogens with one attached hydrogen (secondary N) is 2. The van der Waals surface area contributed by atoms with Crippen molar-refractivity contribution in [2.24, 2.45) is 0 Å². The van der Waals surface area contributed by atoms with E-state index in [1.54, 1.807) is 19.1 Å². The minimum Gasteiger partial charge on any atom is -0.543 e. The summed E-state index contributed by atoms with van der Waals surface area (Å²) >= 11 is 0. The van der Waals surface area contributed by atoms with Crippen LogP contribution in [0.3, 0.4) is 0 Å². The summed E-state index contributed by atoms with van der Waals surface area (Å²) in [7, 11) is -1.18. The molecule has 0 unspecified atom stereocenters. The molecule has 28 heavy (non-hydrogen) atoms. The Labute approximate surface area is 162 Å². The highest BCUT2D eigenvalue weighted by molar-refractivity contribution is 7.92. The van der Waals surface area contributed by atoms with Gasteiger partial charge in [0.1, 0.15) is 0 Å². The Morgan fingerprint density at radius 3 is 2.29 bits per heavy atom. The van der Waals surface area contributed by atoms with Crippen LogP contribution in [0.25, 0.3) is 10.9 Å². The number of hydrogen-bond acceptors (Lipinski definition) is 6. The number of ether oxygens (including phenoxy) is 2. The van der Waals surface area contributed by atoms with Crippen LogP contribution in [0, 0.1) is 13.8 Å². The third-order valence-electron chi connectivity index (χ3n) is 4.36. The second-order valence-corrected chi connectivity index (χ2v) is 7.94. The first kappa shape index (κ1) is 19.6. The van der Waals surface area contributed by atoms with Crippen molar-refractivity contribution in [2.75, 3.05) is 18.9 Å². The number of aromatic nitrogens is 1. The number of hydrogen-bond donors (Lipinski definition) is 2. The Bertz CT molecular complexity index is 1180.